The molecule has 0 saturated carbocycles. The zero-order valence-electron chi connectivity index (χ0n) is 11.9. The minimum atomic E-state index is -0.305. The second-order valence-electron chi connectivity index (χ2n) is 5.22. The molecule has 112 valence electrons. The summed E-state index contributed by atoms with van der Waals surface area (Å²) in [6, 6.07) is 1.59. The monoisotopic (exact) mass is 290 g/mol. The Morgan fingerprint density at radius 1 is 1.52 bits per heavy atom. The fourth-order valence-corrected chi connectivity index (χ4v) is 2.36. The molecule has 1 N–H and O–H groups in total. The molecule has 3 heterocycles. The molecule has 0 bridgehead atoms. The van der Waals surface area contributed by atoms with Crippen molar-refractivity contribution in [3.63, 3.8) is 0 Å². The Morgan fingerprint density at radius 3 is 3.14 bits per heavy atom. The predicted molar refractivity (Wildman–Crippen MR) is 75.0 cm³/mol. The van der Waals surface area contributed by atoms with Crippen molar-refractivity contribution in [2.24, 2.45) is 0 Å². The normalized spacial score (nSPS) is 18.6. The number of nitrogens with one attached hydrogen (secondary N) is 1. The molecule has 0 radical (unpaired) electrons. The van der Waals surface area contributed by atoms with E-state index in [1.807, 2.05) is 0 Å². The maximum absolute atomic E-state index is 11.9. The average Bonchev–Trinajstić information content (AvgIpc) is 3.09. The standard InChI is InChI=1S/C14H18N4O3/c1-10-6-13(17-21-10)14(19)16-11-7-15-18(8-11)9-12-4-2-3-5-20-12/h6-8,12H,2-5,9H2,1H3,(H,16,19)/t12-/m1/s1. The first-order valence-corrected chi connectivity index (χ1v) is 7.09. The van der Waals surface area contributed by atoms with Gasteiger partial charge in [0.05, 0.1) is 24.5 Å². The van der Waals surface area contributed by atoms with E-state index in [1.54, 1.807) is 30.1 Å². The quantitative estimate of drug-likeness (QED) is 0.931. The number of nitrogens with zero attached hydrogens (tertiary/aromatic N) is 3. The smallest absolute Gasteiger partial charge is 0.277 e. The minimum absolute atomic E-state index is 0.209. The first kappa shape index (κ1) is 13.8. The number of rotatable bonds is 4. The molecule has 1 aliphatic rings. The zero-order chi connectivity index (χ0) is 14.7. The summed E-state index contributed by atoms with van der Waals surface area (Å²) in [7, 11) is 0. The number of carbonyl (C=O) groups is 1. The van der Waals surface area contributed by atoms with E-state index < -0.39 is 0 Å². The van der Waals surface area contributed by atoms with Gasteiger partial charge in [-0.25, -0.2) is 0 Å². The van der Waals surface area contributed by atoms with Crippen molar-refractivity contribution in [3.8, 4) is 0 Å². The van der Waals surface area contributed by atoms with Gasteiger partial charge < -0.3 is 14.6 Å². The number of hydrogen-bond donors (Lipinski definition) is 1. The third-order valence-electron chi connectivity index (χ3n) is 3.42. The molecule has 1 fully saturated rings. The number of aryl methyl sites for hydroxylation is 1. The molecule has 7 nitrogen and oxygen atoms in total. The van der Waals surface area contributed by atoms with Crippen LogP contribution in [0.4, 0.5) is 5.69 Å². The Morgan fingerprint density at radius 2 is 2.43 bits per heavy atom. The van der Waals surface area contributed by atoms with E-state index >= 15 is 0 Å². The van der Waals surface area contributed by atoms with Crippen LogP contribution in [0.5, 0.6) is 0 Å². The zero-order valence-corrected chi connectivity index (χ0v) is 11.9. The van der Waals surface area contributed by atoms with Gasteiger partial charge in [0.25, 0.3) is 5.91 Å². The lowest BCUT2D eigenvalue weighted by Crippen LogP contribution is -2.24. The van der Waals surface area contributed by atoms with Gasteiger partial charge in [-0.1, -0.05) is 5.16 Å². The summed E-state index contributed by atoms with van der Waals surface area (Å²) in [5, 5.41) is 10.7. The van der Waals surface area contributed by atoms with Crippen molar-refractivity contribution in [2.75, 3.05) is 11.9 Å². The molecule has 0 spiro atoms. The molecule has 2 aromatic heterocycles. The number of hydrogen-bond acceptors (Lipinski definition) is 5. The second kappa shape index (κ2) is 6.09. The van der Waals surface area contributed by atoms with Crippen molar-refractivity contribution in [3.05, 3.63) is 29.9 Å². The predicted octanol–water partition coefficient (Wildman–Crippen LogP) is 2.00. The van der Waals surface area contributed by atoms with Gasteiger partial charge in [-0.05, 0) is 26.2 Å². The van der Waals surface area contributed by atoms with Crippen LogP contribution < -0.4 is 5.32 Å². The van der Waals surface area contributed by atoms with Gasteiger partial charge >= 0.3 is 0 Å². The topological polar surface area (TPSA) is 82.2 Å². The minimum Gasteiger partial charge on any atom is -0.376 e. The summed E-state index contributed by atoms with van der Waals surface area (Å²) < 4.78 is 12.3. The van der Waals surface area contributed by atoms with E-state index in [9.17, 15) is 4.79 Å². The fourth-order valence-electron chi connectivity index (χ4n) is 2.36. The van der Waals surface area contributed by atoms with Crippen LogP contribution in [0.3, 0.4) is 0 Å². The van der Waals surface area contributed by atoms with Gasteiger partial charge in [-0.2, -0.15) is 5.10 Å². The van der Waals surface area contributed by atoms with E-state index in [4.69, 9.17) is 9.26 Å². The third-order valence-corrected chi connectivity index (χ3v) is 3.42. The van der Waals surface area contributed by atoms with Crippen LogP contribution in [0.1, 0.15) is 35.5 Å². The molecular weight excluding hydrogens is 272 g/mol. The Bertz CT molecular complexity index is 613. The van der Waals surface area contributed by atoms with Gasteiger partial charge in [0.15, 0.2) is 5.69 Å². The molecule has 2 aromatic rings. The van der Waals surface area contributed by atoms with Gasteiger partial charge in [-0.15, -0.1) is 0 Å². The highest BCUT2D eigenvalue weighted by Crippen LogP contribution is 2.15. The summed E-state index contributed by atoms with van der Waals surface area (Å²) in [6.07, 6.45) is 7.01. The van der Waals surface area contributed by atoms with Crippen molar-refractivity contribution in [1.82, 2.24) is 14.9 Å². The molecular formula is C14H18N4O3. The highest BCUT2D eigenvalue weighted by atomic mass is 16.5. The second-order valence-corrected chi connectivity index (χ2v) is 5.22. The van der Waals surface area contributed by atoms with E-state index in [1.165, 1.54) is 6.42 Å². The molecule has 1 aliphatic heterocycles. The van der Waals surface area contributed by atoms with Gasteiger partial charge in [0.2, 0.25) is 0 Å². The van der Waals surface area contributed by atoms with Crippen LogP contribution in [-0.4, -0.2) is 33.6 Å². The van der Waals surface area contributed by atoms with Crippen LogP contribution in [0, 0.1) is 6.92 Å². The fraction of sp³-hybridized carbons (Fsp3) is 0.500. The van der Waals surface area contributed by atoms with Gasteiger partial charge in [0.1, 0.15) is 5.76 Å². The van der Waals surface area contributed by atoms with Crippen molar-refractivity contribution >= 4 is 11.6 Å². The lowest BCUT2D eigenvalue weighted by molar-refractivity contribution is 0.00401. The summed E-state index contributed by atoms with van der Waals surface area (Å²) in [4.78, 5) is 11.9. The maximum Gasteiger partial charge on any atom is 0.277 e. The van der Waals surface area contributed by atoms with E-state index in [0.717, 1.165) is 19.4 Å². The largest absolute Gasteiger partial charge is 0.376 e. The van der Waals surface area contributed by atoms with E-state index in [0.29, 0.717) is 18.0 Å². The third kappa shape index (κ3) is 3.49. The number of anilines is 1. The van der Waals surface area contributed by atoms with E-state index in [2.05, 4.69) is 15.6 Å². The lowest BCUT2D eigenvalue weighted by atomic mass is 10.1. The molecule has 0 aliphatic carbocycles. The SMILES string of the molecule is Cc1cc(C(=O)Nc2cnn(C[C@H]3CCCCO3)c2)no1. The van der Waals surface area contributed by atoms with Crippen molar-refractivity contribution in [2.45, 2.75) is 38.8 Å². The molecule has 1 saturated heterocycles. The summed E-state index contributed by atoms with van der Waals surface area (Å²) in [6.45, 7) is 3.27. The highest BCUT2D eigenvalue weighted by molar-refractivity contribution is 6.02. The Hall–Kier alpha value is -2.15. The van der Waals surface area contributed by atoms with E-state index in [-0.39, 0.29) is 17.7 Å². The van der Waals surface area contributed by atoms with Gasteiger partial charge in [0, 0.05) is 18.9 Å². The summed E-state index contributed by atoms with van der Waals surface area (Å²) in [5.74, 6) is 0.297. The molecule has 0 aromatic carbocycles. The van der Waals surface area contributed by atoms with Crippen LogP contribution in [0.2, 0.25) is 0 Å². The molecule has 21 heavy (non-hydrogen) atoms. The Kier molecular flexibility index (Phi) is 4.01. The van der Waals surface area contributed by atoms with Crippen molar-refractivity contribution in [1.29, 1.82) is 0 Å². The Balaban J connectivity index is 1.58. The van der Waals surface area contributed by atoms with Crippen LogP contribution in [-0.2, 0) is 11.3 Å². The highest BCUT2D eigenvalue weighted by Gasteiger charge is 2.16. The Labute approximate surface area is 122 Å². The van der Waals surface area contributed by atoms with Crippen LogP contribution in [0.15, 0.2) is 23.0 Å². The van der Waals surface area contributed by atoms with Crippen LogP contribution in [0.25, 0.3) is 0 Å². The molecule has 3 rings (SSSR count). The molecule has 7 heteroatoms. The lowest BCUT2D eigenvalue weighted by Gasteiger charge is -2.22. The average molecular weight is 290 g/mol. The molecule has 1 amide bonds. The van der Waals surface area contributed by atoms with Gasteiger partial charge in [-0.3, -0.25) is 9.48 Å². The molecule has 1 atom stereocenters. The number of aromatic nitrogens is 3. The summed E-state index contributed by atoms with van der Waals surface area (Å²) in [5.41, 5.74) is 0.896. The number of ether oxygens (including phenoxy) is 1. The maximum atomic E-state index is 11.9. The summed E-state index contributed by atoms with van der Waals surface area (Å²) >= 11 is 0. The number of carbonyl (C=O) groups excluding carboxylic acids is 1. The molecule has 0 unspecified atom stereocenters. The number of amides is 1. The first-order valence-electron chi connectivity index (χ1n) is 7.09. The van der Waals surface area contributed by atoms with Crippen molar-refractivity contribution < 1.29 is 14.1 Å². The van der Waals surface area contributed by atoms with Crippen LogP contribution >= 0.6 is 0 Å². The first-order chi connectivity index (χ1) is 10.2.